The fourth-order valence-corrected chi connectivity index (χ4v) is 3.34. The van der Waals surface area contributed by atoms with Crippen molar-refractivity contribution in [3.63, 3.8) is 0 Å². The number of carbonyl (C=O) groups excluding carboxylic acids is 1. The predicted octanol–water partition coefficient (Wildman–Crippen LogP) is 1.81. The van der Waals surface area contributed by atoms with Gasteiger partial charge in [0.1, 0.15) is 0 Å². The van der Waals surface area contributed by atoms with Crippen LogP contribution in [-0.2, 0) is 11.2 Å². The van der Waals surface area contributed by atoms with E-state index in [0.29, 0.717) is 27.7 Å². The molecule has 0 aliphatic rings. The molecule has 1 aromatic carbocycles. The van der Waals surface area contributed by atoms with Crippen LogP contribution >= 0.6 is 11.8 Å². The van der Waals surface area contributed by atoms with Gasteiger partial charge in [0.2, 0.25) is 11.1 Å². The zero-order valence-electron chi connectivity index (χ0n) is 15.0. The lowest BCUT2D eigenvalue weighted by molar-refractivity contribution is -0.115. The average molecular weight is 383 g/mol. The molecule has 0 aliphatic heterocycles. The van der Waals surface area contributed by atoms with E-state index in [0.717, 1.165) is 17.0 Å². The molecule has 0 fully saturated rings. The molecule has 3 aromatic heterocycles. The number of H-pyrrole nitrogens is 2. The second-order valence-electron chi connectivity index (χ2n) is 6.14. The van der Waals surface area contributed by atoms with Crippen molar-refractivity contribution in [1.82, 2.24) is 29.5 Å². The molecule has 0 saturated heterocycles. The van der Waals surface area contributed by atoms with Gasteiger partial charge in [-0.3, -0.25) is 4.79 Å². The SMILES string of the molecule is CSc1nc2nc(C)c(CC(=O)Nc3ccc4[nH]c(=O)[nH]c4c3)c(C)n2n1. The van der Waals surface area contributed by atoms with Crippen LogP contribution in [0.4, 0.5) is 5.69 Å². The monoisotopic (exact) mass is 383 g/mol. The summed E-state index contributed by atoms with van der Waals surface area (Å²) in [6.45, 7) is 3.76. The lowest BCUT2D eigenvalue weighted by Crippen LogP contribution is -2.17. The summed E-state index contributed by atoms with van der Waals surface area (Å²) >= 11 is 1.44. The van der Waals surface area contributed by atoms with E-state index in [1.54, 1.807) is 22.7 Å². The number of amides is 1. The summed E-state index contributed by atoms with van der Waals surface area (Å²) < 4.78 is 1.66. The van der Waals surface area contributed by atoms with Crippen LogP contribution in [0.2, 0.25) is 0 Å². The number of anilines is 1. The van der Waals surface area contributed by atoms with Crippen LogP contribution < -0.4 is 11.0 Å². The van der Waals surface area contributed by atoms with Gasteiger partial charge in [0.25, 0.3) is 5.78 Å². The number of hydrogen-bond donors (Lipinski definition) is 3. The number of nitrogens with one attached hydrogen (secondary N) is 3. The van der Waals surface area contributed by atoms with Crippen LogP contribution in [-0.4, -0.2) is 41.7 Å². The number of thioether (sulfide) groups is 1. The molecule has 4 rings (SSSR count). The summed E-state index contributed by atoms with van der Waals surface area (Å²) in [5, 5.41) is 7.90. The molecule has 0 bridgehead atoms. The molecule has 10 heteroatoms. The first-order chi connectivity index (χ1) is 12.9. The quantitative estimate of drug-likeness (QED) is 0.462. The van der Waals surface area contributed by atoms with E-state index in [2.05, 4.69) is 30.4 Å². The Morgan fingerprint density at radius 2 is 2.00 bits per heavy atom. The topological polar surface area (TPSA) is 121 Å². The standard InChI is InChI=1S/C17H17N7O2S/c1-8-11(9(2)24-15(18-8)22-17(23-24)27-3)7-14(25)19-10-4-5-12-13(6-10)21-16(26)20-12/h4-6H,7H2,1-3H3,(H,19,25)(H2,20,21,26). The van der Waals surface area contributed by atoms with E-state index in [-0.39, 0.29) is 18.0 Å². The van der Waals surface area contributed by atoms with E-state index >= 15 is 0 Å². The number of imidazole rings is 1. The summed E-state index contributed by atoms with van der Waals surface area (Å²) in [5.74, 6) is 0.352. The van der Waals surface area contributed by atoms with Crippen molar-refractivity contribution in [3.8, 4) is 0 Å². The minimum Gasteiger partial charge on any atom is -0.326 e. The third-order valence-corrected chi connectivity index (χ3v) is 4.89. The maximum Gasteiger partial charge on any atom is 0.323 e. The zero-order valence-corrected chi connectivity index (χ0v) is 15.8. The first-order valence-corrected chi connectivity index (χ1v) is 9.46. The summed E-state index contributed by atoms with van der Waals surface area (Å²) in [7, 11) is 0. The molecule has 1 amide bonds. The van der Waals surface area contributed by atoms with Crippen LogP contribution in [0.1, 0.15) is 17.0 Å². The Bertz CT molecular complexity index is 1240. The van der Waals surface area contributed by atoms with Crippen molar-refractivity contribution in [2.75, 3.05) is 11.6 Å². The fraction of sp³-hybridized carbons (Fsp3) is 0.235. The minimum atomic E-state index is -0.281. The van der Waals surface area contributed by atoms with Gasteiger partial charge >= 0.3 is 5.69 Å². The van der Waals surface area contributed by atoms with Gasteiger partial charge < -0.3 is 15.3 Å². The number of carbonyl (C=O) groups is 1. The highest BCUT2D eigenvalue weighted by Crippen LogP contribution is 2.19. The molecule has 0 radical (unpaired) electrons. The number of hydrogen-bond acceptors (Lipinski definition) is 6. The molecular formula is C17H17N7O2S. The van der Waals surface area contributed by atoms with E-state index in [1.165, 1.54) is 11.8 Å². The second kappa shape index (κ2) is 6.54. The van der Waals surface area contributed by atoms with Crippen molar-refractivity contribution >= 4 is 40.2 Å². The normalized spacial score (nSPS) is 11.4. The molecule has 0 aliphatic carbocycles. The molecule has 3 N–H and O–H groups in total. The molecular weight excluding hydrogens is 366 g/mol. The molecule has 138 valence electrons. The number of nitrogens with zero attached hydrogens (tertiary/aromatic N) is 4. The number of fused-ring (bicyclic) bond motifs is 2. The molecule has 0 spiro atoms. The Morgan fingerprint density at radius 3 is 2.78 bits per heavy atom. The first-order valence-electron chi connectivity index (χ1n) is 8.23. The molecule has 3 heterocycles. The Balaban J connectivity index is 1.60. The second-order valence-corrected chi connectivity index (χ2v) is 6.91. The van der Waals surface area contributed by atoms with Gasteiger partial charge in [-0.15, -0.1) is 5.10 Å². The highest BCUT2D eigenvalue weighted by Gasteiger charge is 2.16. The summed E-state index contributed by atoms with van der Waals surface area (Å²) in [6.07, 6.45) is 2.07. The van der Waals surface area contributed by atoms with Gasteiger partial charge in [-0.1, -0.05) is 11.8 Å². The molecule has 9 nitrogen and oxygen atoms in total. The van der Waals surface area contributed by atoms with Crippen LogP contribution in [0.15, 0.2) is 28.2 Å². The van der Waals surface area contributed by atoms with E-state index in [4.69, 9.17) is 0 Å². The molecule has 0 saturated carbocycles. The van der Waals surface area contributed by atoms with E-state index in [9.17, 15) is 9.59 Å². The Hall–Kier alpha value is -3.14. The van der Waals surface area contributed by atoms with Crippen molar-refractivity contribution < 1.29 is 4.79 Å². The number of aryl methyl sites for hydroxylation is 2. The third kappa shape index (κ3) is 3.19. The smallest absolute Gasteiger partial charge is 0.323 e. The van der Waals surface area contributed by atoms with Gasteiger partial charge in [-0.05, 0) is 38.3 Å². The summed E-state index contributed by atoms with van der Waals surface area (Å²) in [4.78, 5) is 38.1. The number of benzene rings is 1. The van der Waals surface area contributed by atoms with Crippen molar-refractivity contribution in [2.45, 2.75) is 25.4 Å². The van der Waals surface area contributed by atoms with Crippen LogP contribution in [0.5, 0.6) is 0 Å². The molecule has 27 heavy (non-hydrogen) atoms. The van der Waals surface area contributed by atoms with Crippen molar-refractivity contribution in [2.24, 2.45) is 0 Å². The van der Waals surface area contributed by atoms with Gasteiger partial charge in [0.05, 0.1) is 17.5 Å². The van der Waals surface area contributed by atoms with Crippen LogP contribution in [0, 0.1) is 13.8 Å². The van der Waals surface area contributed by atoms with Crippen molar-refractivity contribution in [1.29, 1.82) is 0 Å². The highest BCUT2D eigenvalue weighted by molar-refractivity contribution is 7.98. The van der Waals surface area contributed by atoms with Crippen LogP contribution in [0.3, 0.4) is 0 Å². The summed E-state index contributed by atoms with van der Waals surface area (Å²) in [5.41, 5.74) is 4.06. The van der Waals surface area contributed by atoms with Crippen molar-refractivity contribution in [3.05, 3.63) is 45.6 Å². The minimum absolute atomic E-state index is 0.163. The van der Waals surface area contributed by atoms with Crippen LogP contribution in [0.25, 0.3) is 16.8 Å². The largest absolute Gasteiger partial charge is 0.326 e. The number of aromatic nitrogens is 6. The lowest BCUT2D eigenvalue weighted by Gasteiger charge is -2.11. The van der Waals surface area contributed by atoms with Gasteiger partial charge in [-0.2, -0.15) is 4.98 Å². The first kappa shape index (κ1) is 17.3. The van der Waals surface area contributed by atoms with Gasteiger partial charge in [0.15, 0.2) is 0 Å². The Morgan fingerprint density at radius 1 is 1.22 bits per heavy atom. The molecule has 4 aromatic rings. The number of aromatic amines is 2. The Labute approximate surface area is 157 Å². The van der Waals surface area contributed by atoms with Gasteiger partial charge in [-0.25, -0.2) is 14.3 Å². The highest BCUT2D eigenvalue weighted by atomic mass is 32.2. The summed E-state index contributed by atoms with van der Waals surface area (Å²) in [6, 6.07) is 5.20. The maximum atomic E-state index is 12.6. The Kier molecular flexibility index (Phi) is 4.19. The average Bonchev–Trinajstić information content (AvgIpc) is 3.20. The zero-order chi connectivity index (χ0) is 19.1. The van der Waals surface area contributed by atoms with Gasteiger partial charge in [0, 0.05) is 22.6 Å². The predicted molar refractivity (Wildman–Crippen MR) is 103 cm³/mol. The maximum absolute atomic E-state index is 12.6. The van der Waals surface area contributed by atoms with E-state index in [1.807, 2.05) is 20.1 Å². The third-order valence-electron chi connectivity index (χ3n) is 4.35. The fourth-order valence-electron chi connectivity index (χ4n) is 3.01. The number of rotatable bonds is 4. The molecule has 0 unspecified atom stereocenters. The lowest BCUT2D eigenvalue weighted by atomic mass is 10.1. The van der Waals surface area contributed by atoms with E-state index < -0.39 is 0 Å². The molecule has 0 atom stereocenters.